The summed E-state index contributed by atoms with van der Waals surface area (Å²) in [6.45, 7) is 0. The lowest BCUT2D eigenvalue weighted by molar-refractivity contribution is 0.405. The molecule has 7 nitrogen and oxygen atoms in total. The Labute approximate surface area is 192 Å². The molecule has 2 aromatic carbocycles. The molecule has 1 aromatic heterocycles. The summed E-state index contributed by atoms with van der Waals surface area (Å²) in [6, 6.07) is 13.5. The van der Waals surface area contributed by atoms with Crippen molar-refractivity contribution < 1.29 is 4.74 Å². The maximum atomic E-state index is 5.98. The molecule has 0 bridgehead atoms. The molecule has 5 N–H and O–H groups in total. The minimum Gasteiger partial charge on any atom is -0.497 e. The van der Waals surface area contributed by atoms with Crippen molar-refractivity contribution >= 4 is 46.4 Å². The smallest absolute Gasteiger partial charge is 0.186 e. The topological polar surface area (TPSA) is 111 Å². The molecule has 0 unspecified atom stereocenters. The van der Waals surface area contributed by atoms with E-state index in [1.54, 1.807) is 7.11 Å². The number of halogens is 1. The van der Waals surface area contributed by atoms with Crippen molar-refractivity contribution in [1.29, 1.82) is 0 Å². The standard InChI is InChI=1S/C24H27ClN6O/c1-32-17-11-12-19-18(14-17)23(29-20-4-2-3-5-21(20)30-24(26)27)31-22(28-19)13-8-15-6-9-16(25)10-7-15/h6-14,20-21H,2-5H2,1H3,(H4,26,27,30)(H,28,29,31)/b13-8+/t20-,21+/m0/s1. The Kier molecular flexibility index (Phi) is 6.75. The van der Waals surface area contributed by atoms with Crippen molar-refractivity contribution in [2.45, 2.75) is 37.8 Å². The number of nitrogens with one attached hydrogen (secondary N) is 1. The lowest BCUT2D eigenvalue weighted by Crippen LogP contribution is -2.38. The number of guanidine groups is 1. The van der Waals surface area contributed by atoms with Gasteiger partial charge in [0, 0.05) is 10.4 Å². The maximum absolute atomic E-state index is 5.98. The molecule has 1 fully saturated rings. The van der Waals surface area contributed by atoms with E-state index in [2.05, 4.69) is 10.3 Å². The molecule has 1 aliphatic carbocycles. The Balaban J connectivity index is 1.71. The van der Waals surface area contributed by atoms with E-state index in [4.69, 9.17) is 37.8 Å². The van der Waals surface area contributed by atoms with Crippen molar-refractivity contribution in [1.82, 2.24) is 9.97 Å². The van der Waals surface area contributed by atoms with Gasteiger partial charge in [0.25, 0.3) is 0 Å². The van der Waals surface area contributed by atoms with E-state index in [1.165, 1.54) is 0 Å². The lowest BCUT2D eigenvalue weighted by Gasteiger charge is -2.30. The van der Waals surface area contributed by atoms with Gasteiger partial charge >= 0.3 is 0 Å². The molecular formula is C24H27ClN6O. The molecule has 32 heavy (non-hydrogen) atoms. The van der Waals surface area contributed by atoms with Gasteiger partial charge in [-0.15, -0.1) is 0 Å². The summed E-state index contributed by atoms with van der Waals surface area (Å²) in [5.74, 6) is 2.21. The first-order valence-corrected chi connectivity index (χ1v) is 11.0. The number of hydrogen-bond donors (Lipinski definition) is 3. The fourth-order valence-electron chi connectivity index (χ4n) is 3.98. The van der Waals surface area contributed by atoms with E-state index in [0.29, 0.717) is 10.8 Å². The molecule has 2 atom stereocenters. The molecule has 0 amide bonds. The minimum atomic E-state index is 0.0115. The van der Waals surface area contributed by atoms with Crippen LogP contribution in [0.15, 0.2) is 47.5 Å². The number of aromatic nitrogens is 2. The third kappa shape index (κ3) is 5.29. The van der Waals surface area contributed by atoms with Crippen molar-refractivity contribution in [3.05, 3.63) is 58.9 Å². The number of aliphatic imine (C=N–C) groups is 1. The number of ether oxygens (including phenoxy) is 1. The van der Waals surface area contributed by atoms with Crippen LogP contribution < -0.4 is 21.5 Å². The fraction of sp³-hybridized carbons (Fsp3) is 0.292. The molecule has 4 rings (SSSR count). The fourth-order valence-corrected chi connectivity index (χ4v) is 4.11. The van der Waals surface area contributed by atoms with Crippen molar-refractivity contribution in [3.63, 3.8) is 0 Å². The quantitative estimate of drug-likeness (QED) is 0.377. The highest BCUT2D eigenvalue weighted by Gasteiger charge is 2.26. The largest absolute Gasteiger partial charge is 0.497 e. The second-order valence-electron chi connectivity index (χ2n) is 7.85. The zero-order chi connectivity index (χ0) is 22.5. The molecule has 1 heterocycles. The monoisotopic (exact) mass is 450 g/mol. The number of fused-ring (bicyclic) bond motifs is 1. The van der Waals surface area contributed by atoms with Crippen LogP contribution in [0.5, 0.6) is 5.75 Å². The van der Waals surface area contributed by atoms with Gasteiger partial charge in [0.1, 0.15) is 11.6 Å². The highest BCUT2D eigenvalue weighted by molar-refractivity contribution is 6.30. The first-order chi connectivity index (χ1) is 15.5. The first kappa shape index (κ1) is 21.9. The van der Waals surface area contributed by atoms with Gasteiger partial charge in [-0.1, -0.05) is 42.7 Å². The Morgan fingerprint density at radius 1 is 1.09 bits per heavy atom. The van der Waals surface area contributed by atoms with Crippen LogP contribution in [-0.2, 0) is 0 Å². The van der Waals surface area contributed by atoms with Gasteiger partial charge in [-0.3, -0.25) is 0 Å². The lowest BCUT2D eigenvalue weighted by atomic mass is 9.90. The van der Waals surface area contributed by atoms with E-state index >= 15 is 0 Å². The maximum Gasteiger partial charge on any atom is 0.186 e. The molecule has 8 heteroatoms. The van der Waals surface area contributed by atoms with E-state index < -0.39 is 0 Å². The molecule has 1 aliphatic rings. The van der Waals surface area contributed by atoms with Gasteiger partial charge in [0.2, 0.25) is 0 Å². The Bertz CT molecular complexity index is 1140. The Hall–Kier alpha value is -3.32. The van der Waals surface area contributed by atoms with E-state index in [9.17, 15) is 0 Å². The zero-order valence-corrected chi connectivity index (χ0v) is 18.7. The summed E-state index contributed by atoms with van der Waals surface area (Å²) in [6.07, 6.45) is 7.98. The number of anilines is 1. The van der Waals surface area contributed by atoms with Crippen LogP contribution in [0.2, 0.25) is 5.02 Å². The van der Waals surface area contributed by atoms with Crippen LogP contribution in [0.1, 0.15) is 37.1 Å². The summed E-state index contributed by atoms with van der Waals surface area (Å²) >= 11 is 5.98. The molecule has 1 saturated carbocycles. The average molecular weight is 451 g/mol. The first-order valence-electron chi connectivity index (χ1n) is 10.7. The van der Waals surface area contributed by atoms with Crippen molar-refractivity contribution in [2.75, 3.05) is 12.4 Å². The van der Waals surface area contributed by atoms with Crippen LogP contribution in [0.25, 0.3) is 23.1 Å². The molecule has 0 saturated heterocycles. The average Bonchev–Trinajstić information content (AvgIpc) is 2.79. The van der Waals surface area contributed by atoms with E-state index in [1.807, 2.05) is 54.6 Å². The molecule has 0 radical (unpaired) electrons. The zero-order valence-electron chi connectivity index (χ0n) is 18.0. The predicted molar refractivity (Wildman–Crippen MR) is 132 cm³/mol. The summed E-state index contributed by atoms with van der Waals surface area (Å²) in [5.41, 5.74) is 13.2. The van der Waals surface area contributed by atoms with Crippen LogP contribution in [0.3, 0.4) is 0 Å². The second kappa shape index (κ2) is 9.87. The molecule has 0 spiro atoms. The summed E-state index contributed by atoms with van der Waals surface area (Å²) in [4.78, 5) is 14.0. The van der Waals surface area contributed by atoms with Crippen LogP contribution in [0, 0.1) is 0 Å². The van der Waals surface area contributed by atoms with Gasteiger partial charge in [0.15, 0.2) is 11.8 Å². The number of hydrogen-bond acceptors (Lipinski definition) is 5. The third-order valence-corrected chi connectivity index (χ3v) is 5.83. The van der Waals surface area contributed by atoms with E-state index in [0.717, 1.165) is 53.7 Å². The van der Waals surface area contributed by atoms with Gasteiger partial charge in [-0.05, 0) is 54.8 Å². The van der Waals surface area contributed by atoms with E-state index in [-0.39, 0.29) is 18.0 Å². The number of nitrogens with zero attached hydrogens (tertiary/aromatic N) is 3. The number of rotatable bonds is 6. The van der Waals surface area contributed by atoms with Gasteiger partial charge < -0.3 is 21.5 Å². The normalized spacial score (nSPS) is 18.6. The third-order valence-electron chi connectivity index (χ3n) is 5.58. The van der Waals surface area contributed by atoms with Gasteiger partial charge in [-0.25, -0.2) is 15.0 Å². The van der Waals surface area contributed by atoms with Gasteiger partial charge in [0.05, 0.1) is 24.7 Å². The number of methoxy groups -OCH3 is 1. The van der Waals surface area contributed by atoms with Crippen LogP contribution in [-0.4, -0.2) is 35.1 Å². The number of nitrogens with two attached hydrogens (primary N) is 2. The minimum absolute atomic E-state index is 0.0115. The SMILES string of the molecule is COc1ccc2nc(/C=C/c3ccc(Cl)cc3)nc(N[C@H]3CCCC[C@H]3N=C(N)N)c2c1. The number of benzene rings is 2. The second-order valence-corrected chi connectivity index (χ2v) is 8.29. The summed E-state index contributed by atoms with van der Waals surface area (Å²) in [7, 11) is 1.65. The molecule has 0 aliphatic heterocycles. The van der Waals surface area contributed by atoms with Crippen LogP contribution >= 0.6 is 11.6 Å². The van der Waals surface area contributed by atoms with Crippen LogP contribution in [0.4, 0.5) is 5.82 Å². The summed E-state index contributed by atoms with van der Waals surface area (Å²) < 4.78 is 5.42. The van der Waals surface area contributed by atoms with Gasteiger partial charge in [-0.2, -0.15) is 0 Å². The highest BCUT2D eigenvalue weighted by atomic mass is 35.5. The highest BCUT2D eigenvalue weighted by Crippen LogP contribution is 2.30. The van der Waals surface area contributed by atoms with Crippen molar-refractivity contribution in [3.8, 4) is 5.75 Å². The molecule has 3 aromatic rings. The Morgan fingerprint density at radius 3 is 2.62 bits per heavy atom. The summed E-state index contributed by atoms with van der Waals surface area (Å²) in [5, 5.41) is 5.19. The van der Waals surface area contributed by atoms with Crippen molar-refractivity contribution in [2.24, 2.45) is 16.5 Å². The molecular weight excluding hydrogens is 424 g/mol. The molecule has 166 valence electrons. The Morgan fingerprint density at radius 2 is 1.88 bits per heavy atom. The predicted octanol–water partition coefficient (Wildman–Crippen LogP) is 4.46.